The normalized spacial score (nSPS) is 11.5. The summed E-state index contributed by atoms with van der Waals surface area (Å²) < 4.78 is 38.2. The number of anilines is 1. The molecule has 102 valence electrons. The van der Waals surface area contributed by atoms with Crippen LogP contribution in [0, 0.1) is 0 Å². The molecule has 0 atom stereocenters. The molecule has 1 aromatic heterocycles. The molecule has 0 fully saturated rings. The van der Waals surface area contributed by atoms with Gasteiger partial charge in [0, 0.05) is 0 Å². The molecule has 4 N–H and O–H groups in total. The van der Waals surface area contributed by atoms with Gasteiger partial charge in [-0.25, -0.2) is 0 Å². The lowest BCUT2D eigenvalue weighted by Crippen LogP contribution is -2.43. The van der Waals surface area contributed by atoms with Crippen LogP contribution in [0.2, 0.25) is 0 Å². The maximum atomic E-state index is 12.3. The van der Waals surface area contributed by atoms with Crippen molar-refractivity contribution in [3.63, 3.8) is 0 Å². The summed E-state index contributed by atoms with van der Waals surface area (Å²) in [7, 11) is 2.29. The van der Waals surface area contributed by atoms with Crippen LogP contribution in [-0.2, 0) is 0 Å². The molecule has 18 heavy (non-hydrogen) atoms. The fourth-order valence-electron chi connectivity index (χ4n) is 0.985. The van der Waals surface area contributed by atoms with Gasteiger partial charge in [0.1, 0.15) is 0 Å². The summed E-state index contributed by atoms with van der Waals surface area (Å²) >= 11 is 0. The van der Waals surface area contributed by atoms with Gasteiger partial charge in [-0.1, -0.05) is 0 Å². The van der Waals surface area contributed by atoms with E-state index in [2.05, 4.69) is 14.7 Å². The van der Waals surface area contributed by atoms with E-state index >= 15 is 0 Å². The topological polar surface area (TPSA) is 120 Å². The predicted molar refractivity (Wildman–Crippen MR) is 53.3 cm³/mol. The summed E-state index contributed by atoms with van der Waals surface area (Å²) in [5.41, 5.74) is 5.29. The fraction of sp³-hybridized carbons (Fsp3) is 0.500. The molecular weight excluding hydrogens is 256 g/mol. The number of hydrogen-bond acceptors (Lipinski definition) is 8. The second-order valence-corrected chi connectivity index (χ2v) is 2.99. The quantitative estimate of drug-likeness (QED) is 0.602. The Kier molecular flexibility index (Phi) is 4.03. The van der Waals surface area contributed by atoms with E-state index < -0.39 is 18.1 Å². The van der Waals surface area contributed by atoms with Gasteiger partial charge in [0.15, 0.2) is 0 Å². The lowest BCUT2D eigenvalue weighted by atomic mass is 10.5. The van der Waals surface area contributed by atoms with Gasteiger partial charge in [-0.15, -0.1) is 0 Å². The van der Waals surface area contributed by atoms with Crippen LogP contribution in [0.3, 0.4) is 0 Å². The first-order valence-electron chi connectivity index (χ1n) is 4.49. The molecule has 1 aromatic rings. The minimum atomic E-state index is -3.74. The molecule has 0 aliphatic heterocycles. The van der Waals surface area contributed by atoms with Crippen molar-refractivity contribution in [2.24, 2.45) is 0 Å². The third kappa shape index (κ3) is 2.84. The van der Waals surface area contributed by atoms with Gasteiger partial charge in [-0.2, -0.15) is 18.7 Å². The maximum Gasteiger partial charge on any atom is 0.387 e. The summed E-state index contributed by atoms with van der Waals surface area (Å²) in [5, 5.41) is 17.9. The lowest BCUT2D eigenvalue weighted by molar-refractivity contribution is -0.348. The highest BCUT2D eigenvalue weighted by Crippen LogP contribution is 2.37. The van der Waals surface area contributed by atoms with E-state index in [4.69, 9.17) is 25.4 Å². The number of methoxy groups -OCH3 is 2. The Morgan fingerprint density at radius 2 is 1.61 bits per heavy atom. The molecule has 1 rings (SSSR count). The molecule has 0 saturated carbocycles. The van der Waals surface area contributed by atoms with Gasteiger partial charge in [0.25, 0.3) is 11.8 Å². The summed E-state index contributed by atoms with van der Waals surface area (Å²) in [4.78, 5) is 7.03. The van der Waals surface area contributed by atoms with Crippen molar-refractivity contribution in [3.8, 4) is 17.5 Å². The molecule has 0 saturated heterocycles. The second kappa shape index (κ2) is 5.14. The Balaban J connectivity index is 3.22. The van der Waals surface area contributed by atoms with Crippen molar-refractivity contribution in [1.29, 1.82) is 0 Å². The van der Waals surface area contributed by atoms with E-state index in [1.54, 1.807) is 0 Å². The Morgan fingerprint density at radius 1 is 1.17 bits per heavy atom. The van der Waals surface area contributed by atoms with Gasteiger partial charge in [0.05, 0.1) is 14.2 Å². The summed E-state index contributed by atoms with van der Waals surface area (Å²) in [5.74, 6) is -5.38. The van der Waals surface area contributed by atoms with Crippen LogP contribution >= 0.6 is 0 Å². The Bertz CT molecular complexity index is 404. The first-order chi connectivity index (χ1) is 8.31. The number of rotatable bonds is 5. The van der Waals surface area contributed by atoms with Crippen LogP contribution < -0.4 is 19.9 Å². The third-order valence-corrected chi connectivity index (χ3v) is 1.74. The van der Waals surface area contributed by atoms with Crippen LogP contribution in [0.1, 0.15) is 0 Å². The number of halogens is 2. The zero-order valence-electron chi connectivity index (χ0n) is 9.42. The zero-order chi connectivity index (χ0) is 13.9. The Labute approximate surface area is 99.9 Å². The number of hydrogen-bond donors (Lipinski definition) is 3. The zero-order valence-corrected chi connectivity index (χ0v) is 9.42. The monoisotopic (exact) mass is 267 g/mol. The molecule has 1 heterocycles. The average molecular weight is 267 g/mol. The summed E-state index contributed by atoms with van der Waals surface area (Å²) in [6, 6.07) is 0. The van der Waals surface area contributed by atoms with E-state index in [0.717, 1.165) is 14.2 Å². The van der Waals surface area contributed by atoms with Gasteiger partial charge in [-0.3, -0.25) is 0 Å². The van der Waals surface area contributed by atoms with E-state index in [1.165, 1.54) is 0 Å². The van der Waals surface area contributed by atoms with Gasteiger partial charge >= 0.3 is 12.4 Å². The van der Waals surface area contributed by atoms with Crippen molar-refractivity contribution in [2.45, 2.75) is 12.4 Å². The molecule has 0 amide bonds. The van der Waals surface area contributed by atoms with Crippen LogP contribution in [0.4, 0.5) is 14.7 Å². The second-order valence-electron chi connectivity index (χ2n) is 2.99. The number of aliphatic hydroxyl groups is 2. The number of alkyl halides is 2. The molecule has 0 aliphatic carbocycles. The molecule has 0 unspecified atom stereocenters. The molecule has 0 aliphatic rings. The lowest BCUT2D eigenvalue weighted by Gasteiger charge is -2.22. The van der Waals surface area contributed by atoms with Crippen molar-refractivity contribution in [3.05, 3.63) is 0 Å². The predicted octanol–water partition coefficient (Wildman–Crippen LogP) is -0.642. The number of ether oxygens (including phenoxy) is 3. The molecule has 0 bridgehead atoms. The third-order valence-electron chi connectivity index (χ3n) is 1.74. The maximum absolute atomic E-state index is 12.3. The van der Waals surface area contributed by atoms with E-state index in [9.17, 15) is 8.78 Å². The summed E-state index contributed by atoms with van der Waals surface area (Å²) in [6.45, 7) is 0. The summed E-state index contributed by atoms with van der Waals surface area (Å²) in [6.07, 6.45) is -3.59. The smallest absolute Gasteiger partial charge is 0.387 e. The highest BCUT2D eigenvalue weighted by atomic mass is 19.3. The van der Waals surface area contributed by atoms with Gasteiger partial charge in [0.2, 0.25) is 11.7 Å². The van der Waals surface area contributed by atoms with Crippen LogP contribution in [-0.4, -0.2) is 46.8 Å². The average Bonchev–Trinajstić information content (AvgIpc) is 2.30. The number of nitrogens with zero attached hydrogens (tertiary/aromatic N) is 2. The molecule has 10 heteroatoms. The van der Waals surface area contributed by atoms with Gasteiger partial charge < -0.3 is 30.2 Å². The van der Waals surface area contributed by atoms with Crippen molar-refractivity contribution >= 4 is 5.95 Å². The molecule has 0 radical (unpaired) electrons. The van der Waals surface area contributed by atoms with Crippen molar-refractivity contribution < 1.29 is 33.2 Å². The van der Waals surface area contributed by atoms with Crippen LogP contribution in [0.15, 0.2) is 0 Å². The fourth-order valence-corrected chi connectivity index (χ4v) is 0.985. The number of nitrogens with two attached hydrogens (primary N) is 1. The highest BCUT2D eigenvalue weighted by molar-refractivity contribution is 5.46. The van der Waals surface area contributed by atoms with Crippen molar-refractivity contribution in [2.75, 3.05) is 20.0 Å². The van der Waals surface area contributed by atoms with E-state index in [-0.39, 0.29) is 17.7 Å². The minimum Gasteiger partial charge on any atom is -0.478 e. The van der Waals surface area contributed by atoms with E-state index in [0.29, 0.717) is 0 Å². The first-order valence-corrected chi connectivity index (χ1v) is 4.49. The molecule has 0 spiro atoms. The number of aromatic nitrogens is 2. The first kappa shape index (κ1) is 14.1. The molecule has 0 aromatic carbocycles. The Morgan fingerprint density at radius 3 is 1.94 bits per heavy atom. The number of nitrogen functional groups attached to an aromatic ring is 1. The van der Waals surface area contributed by atoms with Crippen molar-refractivity contribution in [1.82, 2.24) is 9.97 Å². The van der Waals surface area contributed by atoms with Crippen LogP contribution in [0.5, 0.6) is 17.5 Å². The van der Waals surface area contributed by atoms with Gasteiger partial charge in [-0.05, 0) is 0 Å². The standard InChI is InChI=1S/C8H11F2N3O5/c1-16-4-3(18-8(14,15)6(9)10)5(17-2)13-7(11)12-4/h6,14-15H,1-2H3,(H2,11,12,13). The molecule has 8 nitrogen and oxygen atoms in total. The van der Waals surface area contributed by atoms with E-state index in [1.807, 2.05) is 0 Å². The highest BCUT2D eigenvalue weighted by Gasteiger charge is 2.41. The molecular formula is C8H11F2N3O5. The van der Waals surface area contributed by atoms with Crippen LogP contribution in [0.25, 0.3) is 0 Å². The SMILES string of the molecule is COc1nc(N)nc(OC)c1OC(O)(O)C(F)F. The minimum absolute atomic E-state index is 0.269. The largest absolute Gasteiger partial charge is 0.478 e. The Hall–Kier alpha value is -1.94.